The van der Waals surface area contributed by atoms with Gasteiger partial charge in [-0.2, -0.15) is 0 Å². The molecule has 3 N–H and O–H groups in total. The molecule has 3 heterocycles. The predicted molar refractivity (Wildman–Crippen MR) is 102 cm³/mol. The van der Waals surface area contributed by atoms with Crippen LogP contribution in [0.4, 0.5) is 14.5 Å². The Bertz CT molecular complexity index is 942. The van der Waals surface area contributed by atoms with Gasteiger partial charge in [0.25, 0.3) is 0 Å². The highest BCUT2D eigenvalue weighted by atomic mass is 32.1. The van der Waals surface area contributed by atoms with Crippen LogP contribution in [0.5, 0.6) is 5.75 Å². The van der Waals surface area contributed by atoms with Gasteiger partial charge in [0.1, 0.15) is 34.2 Å². The Balaban J connectivity index is 1.52. The summed E-state index contributed by atoms with van der Waals surface area (Å²) in [6.45, 7) is 1.66. The van der Waals surface area contributed by atoms with Gasteiger partial charge in [-0.3, -0.25) is 4.98 Å². The van der Waals surface area contributed by atoms with Crippen LogP contribution in [0.1, 0.15) is 18.3 Å². The molecule has 0 saturated carbocycles. The maximum absolute atomic E-state index is 14.0. The molecule has 146 valence electrons. The van der Waals surface area contributed by atoms with Crippen molar-refractivity contribution in [2.24, 2.45) is 0 Å². The van der Waals surface area contributed by atoms with Gasteiger partial charge in [0.2, 0.25) is 0 Å². The average molecular weight is 404 g/mol. The van der Waals surface area contributed by atoms with E-state index in [1.165, 1.54) is 18.2 Å². The number of hydrogen-bond donors (Lipinski definition) is 3. The standard InChI is InChI=1S/C19H18F2N4O2S/c20-12-2-1-3-13(21)17(12)19-25-15(10-28-19)18(26)24-14-9-23-7-5-16(14)27-11-4-6-22-8-11/h1-3,5,7,9-11,18,22,24,26H,4,6,8H2. The zero-order valence-corrected chi connectivity index (χ0v) is 15.5. The van der Waals surface area contributed by atoms with E-state index in [0.29, 0.717) is 11.4 Å². The molecule has 6 nitrogen and oxygen atoms in total. The number of nitrogens with zero attached hydrogens (tertiary/aromatic N) is 2. The summed E-state index contributed by atoms with van der Waals surface area (Å²) < 4.78 is 33.9. The Labute approximate surface area is 164 Å². The summed E-state index contributed by atoms with van der Waals surface area (Å²) >= 11 is 1.05. The summed E-state index contributed by atoms with van der Waals surface area (Å²) in [5.74, 6) is -0.828. The number of hydrogen-bond acceptors (Lipinski definition) is 7. The van der Waals surface area contributed by atoms with Crippen molar-refractivity contribution < 1.29 is 18.6 Å². The molecule has 4 rings (SSSR count). The zero-order valence-electron chi connectivity index (χ0n) is 14.7. The van der Waals surface area contributed by atoms with E-state index < -0.39 is 17.9 Å². The summed E-state index contributed by atoms with van der Waals surface area (Å²) in [6.07, 6.45) is 2.92. The second kappa shape index (κ2) is 8.17. The van der Waals surface area contributed by atoms with Crippen molar-refractivity contribution in [3.05, 3.63) is 59.4 Å². The van der Waals surface area contributed by atoms with Crippen molar-refractivity contribution in [3.8, 4) is 16.3 Å². The molecule has 1 aromatic carbocycles. The van der Waals surface area contributed by atoms with Crippen LogP contribution in [0.25, 0.3) is 10.6 Å². The molecule has 1 aliphatic rings. The zero-order chi connectivity index (χ0) is 19.5. The lowest BCUT2D eigenvalue weighted by Crippen LogP contribution is -2.20. The molecular formula is C19H18F2N4O2S. The van der Waals surface area contributed by atoms with Gasteiger partial charge in [-0.05, 0) is 25.1 Å². The molecule has 2 atom stereocenters. The number of halogens is 2. The summed E-state index contributed by atoms with van der Waals surface area (Å²) in [6, 6.07) is 5.36. The molecule has 0 radical (unpaired) electrons. The van der Waals surface area contributed by atoms with Crippen LogP contribution >= 0.6 is 11.3 Å². The number of pyridine rings is 1. The van der Waals surface area contributed by atoms with Crippen molar-refractivity contribution >= 4 is 17.0 Å². The number of nitrogens with one attached hydrogen (secondary N) is 2. The lowest BCUT2D eigenvalue weighted by atomic mass is 10.2. The van der Waals surface area contributed by atoms with E-state index in [4.69, 9.17) is 4.74 Å². The van der Waals surface area contributed by atoms with Crippen LogP contribution in [0.15, 0.2) is 42.0 Å². The quantitative estimate of drug-likeness (QED) is 0.547. The van der Waals surface area contributed by atoms with Gasteiger partial charge in [-0.1, -0.05) is 6.07 Å². The Kier molecular flexibility index (Phi) is 5.47. The van der Waals surface area contributed by atoms with Crippen LogP contribution in [-0.4, -0.2) is 34.3 Å². The fourth-order valence-corrected chi connectivity index (χ4v) is 3.84. The fraction of sp³-hybridized carbons (Fsp3) is 0.263. The van der Waals surface area contributed by atoms with E-state index in [1.54, 1.807) is 23.8 Å². The molecule has 1 fully saturated rings. The van der Waals surface area contributed by atoms with Crippen molar-refractivity contribution in [3.63, 3.8) is 0 Å². The molecule has 2 unspecified atom stereocenters. The van der Waals surface area contributed by atoms with E-state index >= 15 is 0 Å². The fourth-order valence-electron chi connectivity index (χ4n) is 2.95. The second-order valence-electron chi connectivity index (χ2n) is 6.33. The van der Waals surface area contributed by atoms with Crippen molar-refractivity contribution in [1.82, 2.24) is 15.3 Å². The summed E-state index contributed by atoms with van der Waals surface area (Å²) in [4.78, 5) is 8.24. The van der Waals surface area contributed by atoms with Crippen molar-refractivity contribution in [2.75, 3.05) is 18.4 Å². The van der Waals surface area contributed by atoms with Crippen LogP contribution in [0.3, 0.4) is 0 Å². The first-order valence-electron chi connectivity index (χ1n) is 8.77. The number of aliphatic hydroxyl groups excluding tert-OH is 1. The summed E-state index contributed by atoms with van der Waals surface area (Å²) in [5.41, 5.74) is 0.554. The van der Waals surface area contributed by atoms with Gasteiger partial charge >= 0.3 is 0 Å². The molecular weight excluding hydrogens is 386 g/mol. The number of thiazole rings is 1. The maximum Gasteiger partial charge on any atom is 0.169 e. The monoisotopic (exact) mass is 404 g/mol. The van der Waals surface area contributed by atoms with E-state index in [-0.39, 0.29) is 22.4 Å². The number of aliphatic hydroxyl groups is 1. The average Bonchev–Trinajstić information content (AvgIpc) is 3.35. The molecule has 1 saturated heterocycles. The van der Waals surface area contributed by atoms with E-state index in [1.807, 2.05) is 0 Å². The third-order valence-electron chi connectivity index (χ3n) is 4.36. The van der Waals surface area contributed by atoms with Crippen LogP contribution in [0, 0.1) is 11.6 Å². The second-order valence-corrected chi connectivity index (χ2v) is 7.18. The van der Waals surface area contributed by atoms with Gasteiger partial charge in [-0.15, -0.1) is 11.3 Å². The Morgan fingerprint density at radius 2 is 2.11 bits per heavy atom. The number of rotatable bonds is 6. The maximum atomic E-state index is 14.0. The molecule has 0 spiro atoms. The van der Waals surface area contributed by atoms with E-state index in [2.05, 4.69) is 20.6 Å². The lowest BCUT2D eigenvalue weighted by Gasteiger charge is -2.18. The van der Waals surface area contributed by atoms with Gasteiger partial charge in [0.05, 0.1) is 17.4 Å². The highest BCUT2D eigenvalue weighted by Gasteiger charge is 2.21. The van der Waals surface area contributed by atoms with Gasteiger partial charge in [-0.25, -0.2) is 13.8 Å². The number of ether oxygens (including phenoxy) is 1. The highest BCUT2D eigenvalue weighted by Crippen LogP contribution is 2.32. The molecule has 2 aromatic heterocycles. The van der Waals surface area contributed by atoms with Crippen LogP contribution in [-0.2, 0) is 0 Å². The van der Waals surface area contributed by atoms with Crippen molar-refractivity contribution in [2.45, 2.75) is 18.8 Å². The SMILES string of the molecule is OC(Nc1cnccc1OC1CCNC1)c1csc(-c2c(F)cccc2F)n1. The molecule has 1 aliphatic heterocycles. The topological polar surface area (TPSA) is 79.3 Å². The van der Waals surface area contributed by atoms with Gasteiger partial charge < -0.3 is 20.5 Å². The molecule has 3 aromatic rings. The first kappa shape index (κ1) is 18.7. The third kappa shape index (κ3) is 3.96. The van der Waals surface area contributed by atoms with Crippen LogP contribution < -0.4 is 15.4 Å². The van der Waals surface area contributed by atoms with E-state index in [9.17, 15) is 13.9 Å². The lowest BCUT2D eigenvalue weighted by molar-refractivity contribution is 0.199. The van der Waals surface area contributed by atoms with Gasteiger partial charge in [0.15, 0.2) is 6.23 Å². The molecule has 0 aliphatic carbocycles. The molecule has 0 amide bonds. The molecule has 28 heavy (non-hydrogen) atoms. The number of aromatic nitrogens is 2. The summed E-state index contributed by atoms with van der Waals surface area (Å²) in [7, 11) is 0. The van der Waals surface area contributed by atoms with Crippen molar-refractivity contribution in [1.29, 1.82) is 0 Å². The highest BCUT2D eigenvalue weighted by molar-refractivity contribution is 7.13. The first-order valence-corrected chi connectivity index (χ1v) is 9.65. The first-order chi connectivity index (χ1) is 13.6. The largest absolute Gasteiger partial charge is 0.487 e. The molecule has 9 heteroatoms. The minimum Gasteiger partial charge on any atom is -0.487 e. The number of anilines is 1. The minimum atomic E-state index is -1.19. The number of benzene rings is 1. The minimum absolute atomic E-state index is 0.0509. The van der Waals surface area contributed by atoms with E-state index in [0.717, 1.165) is 30.8 Å². The molecule has 0 bridgehead atoms. The summed E-state index contributed by atoms with van der Waals surface area (Å²) in [5, 5.41) is 18.3. The van der Waals surface area contributed by atoms with Crippen LogP contribution in [0.2, 0.25) is 0 Å². The smallest absolute Gasteiger partial charge is 0.169 e. The third-order valence-corrected chi connectivity index (χ3v) is 5.24. The Hall–Kier alpha value is -2.62. The normalized spacial score (nSPS) is 17.5. The van der Waals surface area contributed by atoms with Gasteiger partial charge in [0, 0.05) is 24.2 Å². The predicted octanol–water partition coefficient (Wildman–Crippen LogP) is 3.33. The Morgan fingerprint density at radius 1 is 1.29 bits per heavy atom. The Morgan fingerprint density at radius 3 is 2.86 bits per heavy atom.